The number of carboxylic acid groups (broad SMARTS) is 1. The molecule has 6 heteroatoms. The zero-order valence-corrected chi connectivity index (χ0v) is 13.0. The van der Waals surface area contributed by atoms with E-state index < -0.39 is 5.97 Å². The molecule has 0 aliphatic heterocycles. The summed E-state index contributed by atoms with van der Waals surface area (Å²) >= 11 is 0.965. The highest BCUT2D eigenvalue weighted by Gasteiger charge is 2.15. The van der Waals surface area contributed by atoms with E-state index in [9.17, 15) is 9.90 Å². The largest absolute Gasteiger partial charge is 0.496 e. The number of oxazole rings is 1. The molecule has 3 rings (SSSR count). The molecule has 0 radical (unpaired) electrons. The fourth-order valence-electron chi connectivity index (χ4n) is 2.05. The van der Waals surface area contributed by atoms with Crippen LogP contribution in [0.25, 0.3) is 17.2 Å². The predicted octanol–water partition coefficient (Wildman–Crippen LogP) is 4.05. The Kier molecular flexibility index (Phi) is 4.34. The Labute approximate surface area is 136 Å². The third-order valence-corrected chi connectivity index (χ3v) is 3.97. The van der Waals surface area contributed by atoms with E-state index in [1.165, 1.54) is 0 Å². The number of methoxy groups -OCH3 is 1. The summed E-state index contributed by atoms with van der Waals surface area (Å²) in [5.74, 6) is -0.451. The van der Waals surface area contributed by atoms with Gasteiger partial charge in [-0.25, -0.2) is 9.78 Å². The summed E-state index contributed by atoms with van der Waals surface area (Å²) in [5, 5.41) is 9.72. The molecule has 0 atom stereocenters. The molecule has 1 aromatic heterocycles. The number of ether oxygens (including phenoxy) is 1. The standard InChI is InChI=1S/C17H13NO4S/c1-21-13-8-4-2-6-11(13)10-15(16(19)20)23-17-18-12-7-3-5-9-14(12)22-17/h2-10H,1H3,(H,19,20)/b15-10-. The molecule has 3 aromatic rings. The molecular formula is C17H13NO4S. The number of hydrogen-bond acceptors (Lipinski definition) is 5. The van der Waals surface area contributed by atoms with Gasteiger partial charge in [0.1, 0.15) is 16.2 Å². The Morgan fingerprint density at radius 1 is 1.22 bits per heavy atom. The van der Waals surface area contributed by atoms with Crippen molar-refractivity contribution >= 4 is 34.9 Å². The van der Waals surface area contributed by atoms with Gasteiger partial charge in [-0.2, -0.15) is 0 Å². The zero-order chi connectivity index (χ0) is 16.2. The number of thioether (sulfide) groups is 1. The van der Waals surface area contributed by atoms with Crippen LogP contribution in [0, 0.1) is 0 Å². The zero-order valence-electron chi connectivity index (χ0n) is 12.2. The van der Waals surface area contributed by atoms with Crippen LogP contribution in [0.2, 0.25) is 0 Å². The van der Waals surface area contributed by atoms with Crippen molar-refractivity contribution in [2.75, 3.05) is 7.11 Å². The molecule has 0 aliphatic rings. The first-order valence-corrected chi connectivity index (χ1v) is 7.60. The van der Waals surface area contributed by atoms with Gasteiger partial charge in [0.05, 0.1) is 7.11 Å². The van der Waals surface area contributed by atoms with Gasteiger partial charge in [-0.15, -0.1) is 0 Å². The van der Waals surface area contributed by atoms with Gasteiger partial charge >= 0.3 is 5.97 Å². The Morgan fingerprint density at radius 3 is 2.70 bits per heavy atom. The lowest BCUT2D eigenvalue weighted by Crippen LogP contribution is -1.97. The Morgan fingerprint density at radius 2 is 1.96 bits per heavy atom. The van der Waals surface area contributed by atoms with Crippen LogP contribution in [0.1, 0.15) is 5.56 Å². The molecule has 0 saturated heterocycles. The van der Waals surface area contributed by atoms with Gasteiger partial charge in [0.25, 0.3) is 5.22 Å². The molecule has 5 nitrogen and oxygen atoms in total. The molecule has 1 heterocycles. The van der Waals surface area contributed by atoms with Gasteiger partial charge in [0, 0.05) is 5.56 Å². The van der Waals surface area contributed by atoms with Gasteiger partial charge in [-0.1, -0.05) is 30.3 Å². The number of fused-ring (bicyclic) bond motifs is 1. The fourth-order valence-corrected chi connectivity index (χ4v) is 2.79. The fraction of sp³-hybridized carbons (Fsp3) is 0.0588. The number of nitrogens with zero attached hydrogens (tertiary/aromatic N) is 1. The maximum absolute atomic E-state index is 11.5. The molecular weight excluding hydrogens is 314 g/mol. The minimum Gasteiger partial charge on any atom is -0.496 e. The topological polar surface area (TPSA) is 72.6 Å². The van der Waals surface area contributed by atoms with Crippen molar-refractivity contribution in [3.05, 3.63) is 59.0 Å². The van der Waals surface area contributed by atoms with Crippen molar-refractivity contribution in [1.82, 2.24) is 4.98 Å². The van der Waals surface area contributed by atoms with Crippen LogP contribution in [-0.4, -0.2) is 23.2 Å². The number of rotatable bonds is 5. The van der Waals surface area contributed by atoms with E-state index in [1.54, 1.807) is 31.4 Å². The van der Waals surface area contributed by atoms with Gasteiger partial charge in [0.2, 0.25) is 0 Å². The molecule has 0 spiro atoms. The van der Waals surface area contributed by atoms with Crippen LogP contribution in [0.15, 0.2) is 63.1 Å². The van der Waals surface area contributed by atoms with Crippen molar-refractivity contribution < 1.29 is 19.1 Å². The van der Waals surface area contributed by atoms with Crippen LogP contribution in [-0.2, 0) is 4.79 Å². The van der Waals surface area contributed by atoms with E-state index >= 15 is 0 Å². The summed E-state index contributed by atoms with van der Waals surface area (Å²) in [6, 6.07) is 14.5. The van der Waals surface area contributed by atoms with E-state index in [4.69, 9.17) is 9.15 Å². The Balaban J connectivity index is 1.95. The second kappa shape index (κ2) is 6.58. The lowest BCUT2D eigenvalue weighted by atomic mass is 10.2. The van der Waals surface area contributed by atoms with Gasteiger partial charge in [0.15, 0.2) is 5.58 Å². The summed E-state index contributed by atoms with van der Waals surface area (Å²) in [6.07, 6.45) is 1.54. The summed E-state index contributed by atoms with van der Waals surface area (Å²) in [4.78, 5) is 15.9. The van der Waals surface area contributed by atoms with E-state index in [-0.39, 0.29) is 10.1 Å². The summed E-state index contributed by atoms with van der Waals surface area (Å²) in [7, 11) is 1.54. The van der Waals surface area contributed by atoms with Crippen LogP contribution in [0.3, 0.4) is 0 Å². The number of carbonyl (C=O) groups is 1. The molecule has 1 N–H and O–H groups in total. The molecule has 2 aromatic carbocycles. The maximum Gasteiger partial charge on any atom is 0.342 e. The van der Waals surface area contributed by atoms with Crippen LogP contribution in [0.4, 0.5) is 0 Å². The summed E-state index contributed by atoms with van der Waals surface area (Å²) in [6.45, 7) is 0. The summed E-state index contributed by atoms with van der Waals surface area (Å²) < 4.78 is 10.8. The summed E-state index contributed by atoms with van der Waals surface area (Å²) in [5.41, 5.74) is 1.99. The Hall–Kier alpha value is -2.73. The first-order valence-electron chi connectivity index (χ1n) is 6.79. The molecule has 116 valence electrons. The van der Waals surface area contributed by atoms with Crippen molar-refractivity contribution in [1.29, 1.82) is 0 Å². The lowest BCUT2D eigenvalue weighted by molar-refractivity contribution is -0.131. The minimum atomic E-state index is -1.05. The highest BCUT2D eigenvalue weighted by molar-refractivity contribution is 8.03. The first kappa shape index (κ1) is 15.2. The normalized spacial score (nSPS) is 11.6. The van der Waals surface area contributed by atoms with Gasteiger partial charge in [-0.05, 0) is 36.0 Å². The van der Waals surface area contributed by atoms with E-state index in [1.807, 2.05) is 30.3 Å². The number of aromatic nitrogens is 1. The quantitative estimate of drug-likeness (QED) is 0.563. The average Bonchev–Trinajstić information content (AvgIpc) is 2.97. The molecule has 0 aliphatic carbocycles. The van der Waals surface area contributed by atoms with E-state index in [0.29, 0.717) is 22.4 Å². The number of carboxylic acids is 1. The van der Waals surface area contributed by atoms with Crippen LogP contribution < -0.4 is 4.74 Å². The maximum atomic E-state index is 11.5. The molecule has 23 heavy (non-hydrogen) atoms. The Bertz CT molecular complexity index is 852. The van der Waals surface area contributed by atoms with Crippen molar-refractivity contribution in [2.45, 2.75) is 5.22 Å². The molecule has 0 amide bonds. The second-order valence-electron chi connectivity index (χ2n) is 4.61. The number of aliphatic carboxylic acids is 1. The SMILES string of the molecule is COc1ccccc1/C=C(\Sc1nc2ccccc2o1)C(=O)O. The van der Waals surface area contributed by atoms with Crippen molar-refractivity contribution in [3.8, 4) is 5.75 Å². The van der Waals surface area contributed by atoms with Crippen LogP contribution in [0.5, 0.6) is 5.75 Å². The average molecular weight is 327 g/mol. The smallest absolute Gasteiger partial charge is 0.342 e. The molecule has 0 fully saturated rings. The third-order valence-electron chi connectivity index (χ3n) is 3.11. The highest BCUT2D eigenvalue weighted by atomic mass is 32.2. The predicted molar refractivity (Wildman–Crippen MR) is 88.5 cm³/mol. The monoisotopic (exact) mass is 327 g/mol. The second-order valence-corrected chi connectivity index (χ2v) is 5.60. The number of para-hydroxylation sites is 3. The minimum absolute atomic E-state index is 0.0982. The number of benzene rings is 2. The molecule has 0 saturated carbocycles. The molecule has 0 bridgehead atoms. The molecule has 0 unspecified atom stereocenters. The van der Waals surface area contributed by atoms with E-state index in [2.05, 4.69) is 4.98 Å². The van der Waals surface area contributed by atoms with E-state index in [0.717, 1.165) is 11.8 Å². The third kappa shape index (κ3) is 3.37. The highest BCUT2D eigenvalue weighted by Crippen LogP contribution is 2.32. The van der Waals surface area contributed by atoms with Crippen molar-refractivity contribution in [3.63, 3.8) is 0 Å². The first-order chi connectivity index (χ1) is 11.2. The number of hydrogen-bond donors (Lipinski definition) is 1. The van der Waals surface area contributed by atoms with Gasteiger partial charge in [-0.3, -0.25) is 0 Å². The van der Waals surface area contributed by atoms with Crippen LogP contribution >= 0.6 is 11.8 Å². The lowest BCUT2D eigenvalue weighted by Gasteiger charge is -2.05. The van der Waals surface area contributed by atoms with Crippen molar-refractivity contribution in [2.24, 2.45) is 0 Å². The van der Waals surface area contributed by atoms with Gasteiger partial charge < -0.3 is 14.3 Å².